The molecule has 2 N–H and O–H groups in total. The lowest BCUT2D eigenvalue weighted by molar-refractivity contribution is -0.121. The van der Waals surface area contributed by atoms with E-state index in [-0.39, 0.29) is 36.0 Å². The number of nitrogens with one attached hydrogen (secondary N) is 2. The highest BCUT2D eigenvalue weighted by atomic mass is 19.1. The molecule has 0 aromatic heterocycles. The van der Waals surface area contributed by atoms with Crippen LogP contribution in [-0.4, -0.2) is 11.8 Å². The summed E-state index contributed by atoms with van der Waals surface area (Å²) in [6.07, 6.45) is 1.80. The van der Waals surface area contributed by atoms with Crippen LogP contribution in [0, 0.1) is 11.7 Å². The second kappa shape index (κ2) is 7.68. The molecule has 0 saturated heterocycles. The smallest absolute Gasteiger partial charge is 0.224 e. The van der Waals surface area contributed by atoms with Gasteiger partial charge in [-0.15, -0.1) is 0 Å². The Morgan fingerprint density at radius 3 is 2.58 bits per heavy atom. The lowest BCUT2D eigenvalue weighted by Crippen LogP contribution is -2.36. The van der Waals surface area contributed by atoms with E-state index in [1.165, 1.54) is 13.0 Å². The van der Waals surface area contributed by atoms with Gasteiger partial charge in [0.2, 0.25) is 11.8 Å². The number of rotatable bonds is 4. The molecule has 2 aromatic rings. The summed E-state index contributed by atoms with van der Waals surface area (Å²) in [4.78, 5) is 23.6. The van der Waals surface area contributed by atoms with Crippen LogP contribution in [0.2, 0.25) is 0 Å². The Morgan fingerprint density at radius 2 is 1.88 bits per heavy atom. The van der Waals surface area contributed by atoms with Gasteiger partial charge in [-0.2, -0.15) is 0 Å². The Hall–Kier alpha value is -2.69. The molecule has 0 saturated carbocycles. The van der Waals surface area contributed by atoms with Gasteiger partial charge < -0.3 is 10.6 Å². The van der Waals surface area contributed by atoms with E-state index in [1.54, 1.807) is 18.2 Å². The summed E-state index contributed by atoms with van der Waals surface area (Å²) >= 11 is 0. The quantitative estimate of drug-likeness (QED) is 0.878. The number of amides is 2. The number of carbonyl (C=O) groups is 2. The number of hydrogen-bond donors (Lipinski definition) is 2. The second-order valence-electron chi connectivity index (χ2n) is 6.92. The highest BCUT2D eigenvalue weighted by molar-refractivity contribution is 5.88. The van der Waals surface area contributed by atoms with Crippen LogP contribution in [0.5, 0.6) is 0 Å². The van der Waals surface area contributed by atoms with Gasteiger partial charge in [-0.3, -0.25) is 9.59 Å². The molecule has 2 amide bonds. The van der Waals surface area contributed by atoms with Crippen LogP contribution >= 0.6 is 0 Å². The third kappa shape index (κ3) is 4.10. The van der Waals surface area contributed by atoms with Crippen molar-refractivity contribution in [3.63, 3.8) is 0 Å². The van der Waals surface area contributed by atoms with Crippen molar-refractivity contribution < 1.29 is 14.0 Å². The molecule has 1 aliphatic rings. The van der Waals surface area contributed by atoms with Crippen molar-refractivity contribution in [2.45, 2.75) is 39.2 Å². The molecule has 0 radical (unpaired) electrons. The molecule has 0 bridgehead atoms. The van der Waals surface area contributed by atoms with E-state index in [2.05, 4.69) is 17.6 Å². The SMILES string of the molecule is CC(=O)Nc1ccc(CC(=O)N[C@@H]2c3cccc(F)c3CC[C@H]2C)cc1. The zero-order valence-corrected chi connectivity index (χ0v) is 15.0. The molecule has 0 aliphatic heterocycles. The normalized spacial score (nSPS) is 18.7. The zero-order valence-electron chi connectivity index (χ0n) is 15.0. The molecule has 1 aliphatic carbocycles. The molecule has 0 fully saturated rings. The maximum absolute atomic E-state index is 14.0. The maximum atomic E-state index is 14.0. The van der Waals surface area contributed by atoms with Gasteiger partial charge in [0, 0.05) is 12.6 Å². The van der Waals surface area contributed by atoms with E-state index in [0.717, 1.165) is 23.1 Å². The second-order valence-corrected chi connectivity index (χ2v) is 6.92. The fraction of sp³-hybridized carbons (Fsp3) is 0.333. The number of carbonyl (C=O) groups excluding carboxylic acids is 2. The summed E-state index contributed by atoms with van der Waals surface area (Å²) in [5, 5.41) is 5.77. The number of benzene rings is 2. The monoisotopic (exact) mass is 354 g/mol. The fourth-order valence-electron chi connectivity index (χ4n) is 3.51. The van der Waals surface area contributed by atoms with Crippen molar-refractivity contribution in [2.75, 3.05) is 5.32 Å². The van der Waals surface area contributed by atoms with Crippen LogP contribution in [-0.2, 0) is 22.4 Å². The van der Waals surface area contributed by atoms with Crippen LogP contribution in [0.3, 0.4) is 0 Å². The first-order chi connectivity index (χ1) is 12.4. The third-order valence-corrected chi connectivity index (χ3v) is 4.86. The van der Waals surface area contributed by atoms with Crippen molar-refractivity contribution >= 4 is 17.5 Å². The van der Waals surface area contributed by atoms with Crippen LogP contribution in [0.1, 0.15) is 43.0 Å². The van der Waals surface area contributed by atoms with E-state index in [1.807, 2.05) is 18.2 Å². The average molecular weight is 354 g/mol. The number of anilines is 1. The van der Waals surface area contributed by atoms with Crippen molar-refractivity contribution in [2.24, 2.45) is 5.92 Å². The summed E-state index contributed by atoms with van der Waals surface area (Å²) in [5.74, 6) is -0.156. The number of hydrogen-bond acceptors (Lipinski definition) is 2. The lowest BCUT2D eigenvalue weighted by atomic mass is 9.80. The minimum absolute atomic E-state index is 0.0914. The highest BCUT2D eigenvalue weighted by Crippen LogP contribution is 2.35. The van der Waals surface area contributed by atoms with Crippen LogP contribution in [0.15, 0.2) is 42.5 Å². The minimum Gasteiger partial charge on any atom is -0.349 e. The Kier molecular flexibility index (Phi) is 5.35. The lowest BCUT2D eigenvalue weighted by Gasteiger charge is -2.32. The first-order valence-corrected chi connectivity index (χ1v) is 8.87. The molecule has 26 heavy (non-hydrogen) atoms. The standard InChI is InChI=1S/C21H23FN2O2/c1-13-6-11-17-18(4-3-5-19(17)22)21(13)24-20(26)12-15-7-9-16(10-8-15)23-14(2)25/h3-5,7-10,13,21H,6,11-12H2,1-2H3,(H,23,25)(H,24,26)/t13-,21+/m1/s1. The van der Waals surface area contributed by atoms with Gasteiger partial charge in [0.25, 0.3) is 0 Å². The van der Waals surface area contributed by atoms with E-state index in [4.69, 9.17) is 0 Å². The molecule has 0 heterocycles. The van der Waals surface area contributed by atoms with E-state index in [9.17, 15) is 14.0 Å². The van der Waals surface area contributed by atoms with Crippen molar-refractivity contribution in [1.29, 1.82) is 0 Å². The first kappa shape index (κ1) is 18.1. The molecule has 3 rings (SSSR count). The zero-order chi connectivity index (χ0) is 18.7. The predicted molar refractivity (Wildman–Crippen MR) is 99.2 cm³/mol. The predicted octanol–water partition coefficient (Wildman–Crippen LogP) is 3.77. The summed E-state index contributed by atoms with van der Waals surface area (Å²) in [6, 6.07) is 12.1. The molecule has 2 atom stereocenters. The first-order valence-electron chi connectivity index (χ1n) is 8.87. The highest BCUT2D eigenvalue weighted by Gasteiger charge is 2.29. The number of fused-ring (bicyclic) bond motifs is 1. The van der Waals surface area contributed by atoms with Crippen molar-refractivity contribution in [3.8, 4) is 0 Å². The van der Waals surface area contributed by atoms with Crippen LogP contribution in [0.25, 0.3) is 0 Å². The molecule has 0 unspecified atom stereocenters. The van der Waals surface area contributed by atoms with Crippen molar-refractivity contribution in [1.82, 2.24) is 5.32 Å². The summed E-state index contributed by atoms with van der Waals surface area (Å²) in [7, 11) is 0. The average Bonchev–Trinajstić information content (AvgIpc) is 2.59. The van der Waals surface area contributed by atoms with Gasteiger partial charge in [-0.1, -0.05) is 31.2 Å². The molecule has 0 spiro atoms. The third-order valence-electron chi connectivity index (χ3n) is 4.86. The van der Waals surface area contributed by atoms with Crippen LogP contribution in [0.4, 0.5) is 10.1 Å². The molecule has 5 heteroatoms. The van der Waals surface area contributed by atoms with Gasteiger partial charge in [-0.05, 0) is 53.6 Å². The largest absolute Gasteiger partial charge is 0.349 e. The Bertz CT molecular complexity index is 817. The number of halogens is 1. The Balaban J connectivity index is 1.68. The van der Waals surface area contributed by atoms with Crippen molar-refractivity contribution in [3.05, 3.63) is 65.0 Å². The molecular formula is C21H23FN2O2. The summed E-state index contributed by atoms with van der Waals surface area (Å²) < 4.78 is 14.0. The minimum atomic E-state index is -0.192. The fourth-order valence-corrected chi connectivity index (χ4v) is 3.51. The summed E-state index contributed by atoms with van der Waals surface area (Å²) in [6.45, 7) is 3.54. The van der Waals surface area contributed by atoms with Gasteiger partial charge in [-0.25, -0.2) is 4.39 Å². The topological polar surface area (TPSA) is 58.2 Å². The van der Waals surface area contributed by atoms with Gasteiger partial charge in [0.15, 0.2) is 0 Å². The van der Waals surface area contributed by atoms with E-state index >= 15 is 0 Å². The van der Waals surface area contributed by atoms with E-state index in [0.29, 0.717) is 12.1 Å². The molecule has 4 nitrogen and oxygen atoms in total. The Labute approximate surface area is 152 Å². The van der Waals surface area contributed by atoms with Gasteiger partial charge in [0.1, 0.15) is 5.82 Å². The molecule has 136 valence electrons. The van der Waals surface area contributed by atoms with Gasteiger partial charge in [0.05, 0.1) is 12.5 Å². The Morgan fingerprint density at radius 1 is 1.15 bits per heavy atom. The van der Waals surface area contributed by atoms with Gasteiger partial charge >= 0.3 is 0 Å². The molecular weight excluding hydrogens is 331 g/mol. The maximum Gasteiger partial charge on any atom is 0.224 e. The van der Waals surface area contributed by atoms with Crippen LogP contribution < -0.4 is 10.6 Å². The van der Waals surface area contributed by atoms with E-state index < -0.39 is 0 Å². The summed E-state index contributed by atoms with van der Waals surface area (Å²) in [5.41, 5.74) is 3.17. The molecule has 2 aromatic carbocycles.